The van der Waals surface area contributed by atoms with Gasteiger partial charge in [-0.1, -0.05) is 12.1 Å². The first-order valence-corrected chi connectivity index (χ1v) is 5.00. The maximum Gasteiger partial charge on any atom is 0.188 e. The van der Waals surface area contributed by atoms with Gasteiger partial charge in [-0.25, -0.2) is 0 Å². The molecule has 0 bridgehead atoms. The van der Waals surface area contributed by atoms with Crippen molar-refractivity contribution in [3.05, 3.63) is 28.8 Å². The normalized spacial score (nSPS) is 10.3. The zero-order valence-electron chi connectivity index (χ0n) is 8.76. The molecular formula is C11H15ClO2. The van der Waals surface area contributed by atoms with E-state index in [1.807, 2.05) is 26.0 Å². The standard InChI is InChI=1S/C11H15ClO2/c1-8-4-10(6-12)5-9(2)11(8)14-7-13-3/h4-5H,6-7H2,1-3H3. The van der Waals surface area contributed by atoms with E-state index < -0.39 is 0 Å². The predicted octanol–water partition coefficient (Wildman–Crippen LogP) is 3.02. The van der Waals surface area contributed by atoms with Gasteiger partial charge in [-0.05, 0) is 30.5 Å². The highest BCUT2D eigenvalue weighted by Gasteiger charge is 2.05. The number of ether oxygens (including phenoxy) is 2. The average molecular weight is 215 g/mol. The fourth-order valence-corrected chi connectivity index (χ4v) is 1.62. The number of hydrogen-bond acceptors (Lipinski definition) is 2. The molecule has 2 nitrogen and oxygen atoms in total. The minimum absolute atomic E-state index is 0.280. The van der Waals surface area contributed by atoms with Crippen LogP contribution in [0.3, 0.4) is 0 Å². The molecule has 1 aromatic rings. The summed E-state index contributed by atoms with van der Waals surface area (Å²) in [6.07, 6.45) is 0. The Morgan fingerprint density at radius 1 is 1.21 bits per heavy atom. The Balaban J connectivity index is 2.93. The van der Waals surface area contributed by atoms with Crippen LogP contribution in [0.1, 0.15) is 16.7 Å². The second-order valence-electron chi connectivity index (χ2n) is 3.24. The molecule has 3 heteroatoms. The summed E-state index contributed by atoms with van der Waals surface area (Å²) in [5.41, 5.74) is 3.31. The Morgan fingerprint density at radius 3 is 2.21 bits per heavy atom. The van der Waals surface area contributed by atoms with E-state index in [2.05, 4.69) is 0 Å². The number of benzene rings is 1. The molecule has 1 aromatic carbocycles. The summed E-state index contributed by atoms with van der Waals surface area (Å²) in [5, 5.41) is 0. The van der Waals surface area contributed by atoms with Crippen LogP contribution in [0.2, 0.25) is 0 Å². The van der Waals surface area contributed by atoms with Crippen LogP contribution in [-0.4, -0.2) is 13.9 Å². The molecule has 0 unspecified atom stereocenters. The van der Waals surface area contributed by atoms with Crippen LogP contribution in [0, 0.1) is 13.8 Å². The Hall–Kier alpha value is -0.730. The number of aryl methyl sites for hydroxylation is 2. The van der Waals surface area contributed by atoms with Gasteiger partial charge in [-0.15, -0.1) is 11.6 Å². The zero-order chi connectivity index (χ0) is 10.6. The van der Waals surface area contributed by atoms with Crippen molar-refractivity contribution in [2.75, 3.05) is 13.9 Å². The molecule has 1 rings (SSSR count). The minimum atomic E-state index is 0.280. The van der Waals surface area contributed by atoms with Crippen LogP contribution in [0.5, 0.6) is 5.75 Å². The number of methoxy groups -OCH3 is 1. The van der Waals surface area contributed by atoms with Crippen molar-refractivity contribution in [2.45, 2.75) is 19.7 Å². The number of halogens is 1. The van der Waals surface area contributed by atoms with Gasteiger partial charge in [0, 0.05) is 13.0 Å². The molecule has 0 saturated heterocycles. The fraction of sp³-hybridized carbons (Fsp3) is 0.455. The Kier molecular flexibility index (Phi) is 4.23. The van der Waals surface area contributed by atoms with E-state index >= 15 is 0 Å². The first kappa shape index (κ1) is 11.3. The molecule has 0 saturated carbocycles. The van der Waals surface area contributed by atoms with Gasteiger partial charge in [0.25, 0.3) is 0 Å². The molecule has 0 aromatic heterocycles. The van der Waals surface area contributed by atoms with Gasteiger partial charge in [0.15, 0.2) is 6.79 Å². The van der Waals surface area contributed by atoms with Gasteiger partial charge >= 0.3 is 0 Å². The molecule has 0 amide bonds. The van der Waals surface area contributed by atoms with Crippen molar-refractivity contribution in [1.82, 2.24) is 0 Å². The van der Waals surface area contributed by atoms with Gasteiger partial charge in [0.2, 0.25) is 0 Å². The van der Waals surface area contributed by atoms with Crippen LogP contribution in [-0.2, 0) is 10.6 Å². The second kappa shape index (κ2) is 5.23. The number of rotatable bonds is 4. The Bertz CT molecular complexity index is 287. The van der Waals surface area contributed by atoms with Gasteiger partial charge in [-0.3, -0.25) is 0 Å². The summed E-state index contributed by atoms with van der Waals surface area (Å²) >= 11 is 5.76. The molecule has 78 valence electrons. The van der Waals surface area contributed by atoms with Gasteiger partial charge in [-0.2, -0.15) is 0 Å². The third-order valence-corrected chi connectivity index (χ3v) is 2.30. The Morgan fingerprint density at radius 2 is 1.79 bits per heavy atom. The topological polar surface area (TPSA) is 18.5 Å². The molecule has 0 fully saturated rings. The van der Waals surface area contributed by atoms with Gasteiger partial charge in [0.1, 0.15) is 5.75 Å². The fourth-order valence-electron chi connectivity index (χ4n) is 1.46. The highest BCUT2D eigenvalue weighted by molar-refractivity contribution is 6.17. The van der Waals surface area contributed by atoms with E-state index in [1.165, 1.54) is 0 Å². The molecule has 14 heavy (non-hydrogen) atoms. The maximum atomic E-state index is 5.76. The molecule has 0 atom stereocenters. The molecule has 0 aliphatic carbocycles. The largest absolute Gasteiger partial charge is 0.467 e. The van der Waals surface area contributed by atoms with E-state index in [1.54, 1.807) is 7.11 Å². The van der Waals surface area contributed by atoms with Crippen molar-refractivity contribution in [1.29, 1.82) is 0 Å². The van der Waals surface area contributed by atoms with Crippen molar-refractivity contribution >= 4 is 11.6 Å². The lowest BCUT2D eigenvalue weighted by atomic mass is 10.1. The zero-order valence-corrected chi connectivity index (χ0v) is 9.52. The predicted molar refractivity (Wildman–Crippen MR) is 58.0 cm³/mol. The first-order chi connectivity index (χ1) is 6.69. The number of alkyl halides is 1. The Labute approximate surface area is 89.8 Å². The summed E-state index contributed by atoms with van der Waals surface area (Å²) in [7, 11) is 1.61. The second-order valence-corrected chi connectivity index (χ2v) is 3.51. The van der Waals surface area contributed by atoms with E-state index in [-0.39, 0.29) is 6.79 Å². The maximum absolute atomic E-state index is 5.76. The summed E-state index contributed by atoms with van der Waals surface area (Å²) in [5.74, 6) is 1.42. The molecule has 0 radical (unpaired) electrons. The van der Waals surface area contributed by atoms with Crippen LogP contribution in [0.15, 0.2) is 12.1 Å². The molecule has 0 heterocycles. The van der Waals surface area contributed by atoms with Crippen molar-refractivity contribution in [3.8, 4) is 5.75 Å². The van der Waals surface area contributed by atoms with E-state index in [0.717, 1.165) is 22.4 Å². The lowest BCUT2D eigenvalue weighted by Crippen LogP contribution is -2.02. The van der Waals surface area contributed by atoms with Crippen LogP contribution >= 0.6 is 11.6 Å². The van der Waals surface area contributed by atoms with Gasteiger partial charge < -0.3 is 9.47 Å². The lowest BCUT2D eigenvalue weighted by Gasteiger charge is -2.12. The van der Waals surface area contributed by atoms with Crippen LogP contribution < -0.4 is 4.74 Å². The monoisotopic (exact) mass is 214 g/mol. The third-order valence-electron chi connectivity index (χ3n) is 2.00. The molecule has 0 aliphatic rings. The molecular weight excluding hydrogens is 200 g/mol. The highest BCUT2D eigenvalue weighted by Crippen LogP contribution is 2.25. The van der Waals surface area contributed by atoms with Crippen molar-refractivity contribution < 1.29 is 9.47 Å². The van der Waals surface area contributed by atoms with Crippen LogP contribution in [0.25, 0.3) is 0 Å². The van der Waals surface area contributed by atoms with E-state index in [9.17, 15) is 0 Å². The smallest absolute Gasteiger partial charge is 0.188 e. The lowest BCUT2D eigenvalue weighted by molar-refractivity contribution is 0.0501. The summed E-state index contributed by atoms with van der Waals surface area (Å²) in [6, 6.07) is 4.07. The first-order valence-electron chi connectivity index (χ1n) is 4.47. The highest BCUT2D eigenvalue weighted by atomic mass is 35.5. The third kappa shape index (κ3) is 2.63. The van der Waals surface area contributed by atoms with Gasteiger partial charge in [0.05, 0.1) is 0 Å². The quantitative estimate of drug-likeness (QED) is 0.567. The minimum Gasteiger partial charge on any atom is -0.467 e. The SMILES string of the molecule is COCOc1c(C)cc(CCl)cc1C. The molecule has 0 N–H and O–H groups in total. The summed E-state index contributed by atoms with van der Waals surface area (Å²) in [4.78, 5) is 0. The van der Waals surface area contributed by atoms with Crippen molar-refractivity contribution in [3.63, 3.8) is 0 Å². The molecule has 0 spiro atoms. The summed E-state index contributed by atoms with van der Waals surface area (Å²) < 4.78 is 10.3. The van der Waals surface area contributed by atoms with E-state index in [4.69, 9.17) is 21.1 Å². The average Bonchev–Trinajstić information content (AvgIpc) is 2.16. The van der Waals surface area contributed by atoms with E-state index in [0.29, 0.717) is 5.88 Å². The van der Waals surface area contributed by atoms with Crippen LogP contribution in [0.4, 0.5) is 0 Å². The molecule has 0 aliphatic heterocycles. The summed E-state index contributed by atoms with van der Waals surface area (Å²) in [6.45, 7) is 4.30. The van der Waals surface area contributed by atoms with Crippen molar-refractivity contribution in [2.24, 2.45) is 0 Å². The number of hydrogen-bond donors (Lipinski definition) is 0.